The first kappa shape index (κ1) is 12.6. The third-order valence-corrected chi connectivity index (χ3v) is 2.46. The summed E-state index contributed by atoms with van der Waals surface area (Å²) in [6.07, 6.45) is -3.78. The van der Waals surface area contributed by atoms with Gasteiger partial charge >= 0.3 is 6.18 Å². The molecule has 0 aliphatic rings. The highest BCUT2D eigenvalue weighted by Crippen LogP contribution is 2.30. The average Bonchev–Trinajstić information content (AvgIpc) is 2.77. The van der Waals surface area contributed by atoms with E-state index in [1.54, 1.807) is 6.07 Å². The predicted octanol–water partition coefficient (Wildman–Crippen LogP) is 2.86. The summed E-state index contributed by atoms with van der Waals surface area (Å²) >= 11 is 0. The van der Waals surface area contributed by atoms with Gasteiger partial charge in [-0.1, -0.05) is 17.3 Å². The summed E-state index contributed by atoms with van der Waals surface area (Å²) in [4.78, 5) is 0. The molecule has 0 radical (unpaired) electrons. The number of rotatable bonds is 3. The van der Waals surface area contributed by atoms with Gasteiger partial charge in [0.2, 0.25) is 0 Å². The second kappa shape index (κ2) is 4.81. The first-order chi connectivity index (χ1) is 8.50. The maximum Gasteiger partial charge on any atom is 0.416 e. The Morgan fingerprint density at radius 3 is 2.39 bits per heavy atom. The van der Waals surface area contributed by atoms with Crippen LogP contribution >= 0.6 is 0 Å². The number of hydrogen-bond acceptors (Lipinski definition) is 3. The molecule has 0 spiro atoms. The molecule has 1 heterocycles. The van der Waals surface area contributed by atoms with Crippen LogP contribution < -0.4 is 5.73 Å². The van der Waals surface area contributed by atoms with E-state index >= 15 is 0 Å². The highest BCUT2D eigenvalue weighted by molar-refractivity contribution is 5.59. The van der Waals surface area contributed by atoms with E-state index in [9.17, 15) is 13.2 Å². The lowest BCUT2D eigenvalue weighted by molar-refractivity contribution is -0.137. The van der Waals surface area contributed by atoms with Crippen molar-refractivity contribution in [1.29, 1.82) is 0 Å². The van der Waals surface area contributed by atoms with E-state index in [0.29, 0.717) is 30.0 Å². The van der Waals surface area contributed by atoms with Crippen molar-refractivity contribution in [2.45, 2.75) is 12.6 Å². The van der Waals surface area contributed by atoms with Gasteiger partial charge < -0.3 is 10.3 Å². The molecule has 6 heteroatoms. The number of aromatic nitrogens is 1. The maximum absolute atomic E-state index is 12.4. The summed E-state index contributed by atoms with van der Waals surface area (Å²) in [6, 6.07) is 6.45. The topological polar surface area (TPSA) is 52.0 Å². The molecule has 1 aromatic heterocycles. The molecule has 2 N–H and O–H groups in total. The van der Waals surface area contributed by atoms with Gasteiger partial charge in [0.05, 0.1) is 5.56 Å². The van der Waals surface area contributed by atoms with Crippen LogP contribution in [0.1, 0.15) is 11.3 Å². The van der Waals surface area contributed by atoms with Crippen molar-refractivity contribution in [3.8, 4) is 11.3 Å². The Hall–Kier alpha value is -1.82. The van der Waals surface area contributed by atoms with Crippen molar-refractivity contribution >= 4 is 0 Å². The van der Waals surface area contributed by atoms with Gasteiger partial charge in [-0.2, -0.15) is 13.2 Å². The smallest absolute Gasteiger partial charge is 0.361 e. The zero-order valence-corrected chi connectivity index (χ0v) is 9.37. The molecule has 0 saturated carbocycles. The fourth-order valence-corrected chi connectivity index (χ4v) is 1.54. The molecule has 0 amide bonds. The van der Waals surface area contributed by atoms with Crippen LogP contribution in [-0.2, 0) is 12.6 Å². The summed E-state index contributed by atoms with van der Waals surface area (Å²) in [5.41, 5.74) is 5.77. The van der Waals surface area contributed by atoms with Crippen LogP contribution in [0.25, 0.3) is 11.3 Å². The molecule has 0 aliphatic heterocycles. The third kappa shape index (κ3) is 2.70. The standard InChI is InChI=1S/C12H11F3N2O/c13-12(14,15)9-3-1-8(2-4-9)11-7-10(5-6-16)18-17-11/h1-4,7H,5-6,16H2. The van der Waals surface area contributed by atoms with Crippen LogP contribution in [0.3, 0.4) is 0 Å². The van der Waals surface area contributed by atoms with Gasteiger partial charge in [0.15, 0.2) is 0 Å². The van der Waals surface area contributed by atoms with Crippen LogP contribution in [0.4, 0.5) is 13.2 Å². The molecule has 0 atom stereocenters. The van der Waals surface area contributed by atoms with Crippen LogP contribution in [0.15, 0.2) is 34.9 Å². The Kier molecular flexibility index (Phi) is 3.38. The molecular formula is C12H11F3N2O. The molecule has 3 nitrogen and oxygen atoms in total. The zero-order chi connectivity index (χ0) is 13.2. The Morgan fingerprint density at radius 2 is 1.83 bits per heavy atom. The van der Waals surface area contributed by atoms with E-state index in [1.807, 2.05) is 0 Å². The number of nitrogens with two attached hydrogens (primary N) is 1. The van der Waals surface area contributed by atoms with Gasteiger partial charge in [0.1, 0.15) is 11.5 Å². The van der Waals surface area contributed by atoms with Gasteiger partial charge in [-0.3, -0.25) is 0 Å². The normalized spacial score (nSPS) is 11.8. The van der Waals surface area contributed by atoms with E-state index in [0.717, 1.165) is 12.1 Å². The fraction of sp³-hybridized carbons (Fsp3) is 0.250. The van der Waals surface area contributed by atoms with E-state index in [-0.39, 0.29) is 0 Å². The van der Waals surface area contributed by atoms with Crippen molar-refractivity contribution < 1.29 is 17.7 Å². The van der Waals surface area contributed by atoms with Crippen molar-refractivity contribution in [2.24, 2.45) is 5.73 Å². The van der Waals surface area contributed by atoms with Crippen LogP contribution in [0.2, 0.25) is 0 Å². The highest BCUT2D eigenvalue weighted by atomic mass is 19.4. The van der Waals surface area contributed by atoms with Crippen LogP contribution in [0.5, 0.6) is 0 Å². The van der Waals surface area contributed by atoms with Crippen molar-refractivity contribution in [3.05, 3.63) is 41.7 Å². The number of nitrogens with zero attached hydrogens (tertiary/aromatic N) is 1. The Morgan fingerprint density at radius 1 is 1.17 bits per heavy atom. The van der Waals surface area contributed by atoms with E-state index in [2.05, 4.69) is 5.16 Å². The monoisotopic (exact) mass is 256 g/mol. The molecule has 2 aromatic rings. The first-order valence-electron chi connectivity index (χ1n) is 5.34. The summed E-state index contributed by atoms with van der Waals surface area (Å²) in [5, 5.41) is 3.79. The quantitative estimate of drug-likeness (QED) is 0.918. The van der Waals surface area contributed by atoms with Gasteiger partial charge in [0.25, 0.3) is 0 Å². The summed E-state index contributed by atoms with van der Waals surface area (Å²) < 4.78 is 42.1. The molecule has 96 valence electrons. The number of benzene rings is 1. The molecule has 0 fully saturated rings. The Balaban J connectivity index is 2.23. The lowest BCUT2D eigenvalue weighted by Crippen LogP contribution is -2.03. The minimum Gasteiger partial charge on any atom is -0.361 e. The third-order valence-electron chi connectivity index (χ3n) is 2.46. The van der Waals surface area contributed by atoms with Gasteiger partial charge in [0, 0.05) is 18.1 Å². The SMILES string of the molecule is NCCc1cc(-c2ccc(C(F)(F)F)cc2)no1. The number of halogens is 3. The molecule has 0 aliphatic carbocycles. The minimum atomic E-state index is -4.33. The molecule has 2 rings (SSSR count). The van der Waals surface area contributed by atoms with Crippen molar-refractivity contribution in [3.63, 3.8) is 0 Å². The Labute approximate surface area is 101 Å². The molecule has 0 bridgehead atoms. The largest absolute Gasteiger partial charge is 0.416 e. The Bertz CT molecular complexity index is 517. The van der Waals surface area contributed by atoms with Crippen molar-refractivity contribution in [1.82, 2.24) is 5.16 Å². The first-order valence-corrected chi connectivity index (χ1v) is 5.34. The lowest BCUT2D eigenvalue weighted by atomic mass is 10.1. The van der Waals surface area contributed by atoms with E-state index in [4.69, 9.17) is 10.3 Å². The number of hydrogen-bond donors (Lipinski definition) is 1. The van der Waals surface area contributed by atoms with E-state index < -0.39 is 11.7 Å². The molecule has 0 saturated heterocycles. The number of alkyl halides is 3. The van der Waals surface area contributed by atoms with Crippen LogP contribution in [0, 0.1) is 0 Å². The molecule has 1 aromatic carbocycles. The summed E-state index contributed by atoms with van der Waals surface area (Å²) in [7, 11) is 0. The molecular weight excluding hydrogens is 245 g/mol. The van der Waals surface area contributed by atoms with E-state index in [1.165, 1.54) is 12.1 Å². The average molecular weight is 256 g/mol. The van der Waals surface area contributed by atoms with Crippen LogP contribution in [-0.4, -0.2) is 11.7 Å². The lowest BCUT2D eigenvalue weighted by Gasteiger charge is -2.06. The molecule has 0 unspecified atom stereocenters. The summed E-state index contributed by atoms with van der Waals surface area (Å²) in [5.74, 6) is 0.618. The van der Waals surface area contributed by atoms with Gasteiger partial charge in [-0.25, -0.2) is 0 Å². The van der Waals surface area contributed by atoms with Gasteiger partial charge in [-0.15, -0.1) is 0 Å². The van der Waals surface area contributed by atoms with Gasteiger partial charge in [-0.05, 0) is 18.7 Å². The minimum absolute atomic E-state index is 0.432. The highest BCUT2D eigenvalue weighted by Gasteiger charge is 2.30. The molecule has 18 heavy (non-hydrogen) atoms. The second-order valence-electron chi connectivity index (χ2n) is 3.79. The summed E-state index contributed by atoms with van der Waals surface area (Å²) in [6.45, 7) is 0.432. The zero-order valence-electron chi connectivity index (χ0n) is 9.37. The fourth-order valence-electron chi connectivity index (χ4n) is 1.54. The predicted molar refractivity (Wildman–Crippen MR) is 59.7 cm³/mol. The van der Waals surface area contributed by atoms with Crippen molar-refractivity contribution in [2.75, 3.05) is 6.54 Å². The maximum atomic E-state index is 12.4. The second-order valence-corrected chi connectivity index (χ2v) is 3.79.